The van der Waals surface area contributed by atoms with Gasteiger partial charge >= 0.3 is 0 Å². The number of para-hydroxylation sites is 2. The normalized spacial score (nSPS) is 12.3. The van der Waals surface area contributed by atoms with Crippen molar-refractivity contribution < 1.29 is 9.84 Å². The van der Waals surface area contributed by atoms with Crippen LogP contribution in [-0.2, 0) is 0 Å². The molecule has 0 aliphatic carbocycles. The molecule has 3 aromatic rings. The van der Waals surface area contributed by atoms with Crippen LogP contribution in [0.4, 0.5) is 0 Å². The van der Waals surface area contributed by atoms with E-state index in [0.717, 1.165) is 15.9 Å². The molecule has 2 aromatic carbocycles. The van der Waals surface area contributed by atoms with Gasteiger partial charge in [0.1, 0.15) is 17.5 Å². The summed E-state index contributed by atoms with van der Waals surface area (Å²) in [6.07, 6.45) is -0.689. The van der Waals surface area contributed by atoms with Crippen molar-refractivity contribution in [3.05, 3.63) is 58.3 Å². The number of halogens is 2. The molecule has 0 saturated carbocycles. The summed E-state index contributed by atoms with van der Waals surface area (Å²) in [5.41, 5.74) is 0.895. The molecule has 0 fully saturated rings. The number of hydrogen-bond acceptors (Lipinski definition) is 5. The lowest BCUT2D eigenvalue weighted by Crippen LogP contribution is -2.20. The average Bonchev–Trinajstić information content (AvgIpc) is 2.59. The molecule has 0 saturated heterocycles. The Balaban J connectivity index is 1.64. The zero-order chi connectivity index (χ0) is 17.8. The van der Waals surface area contributed by atoms with Gasteiger partial charge in [-0.1, -0.05) is 47.5 Å². The highest BCUT2D eigenvalue weighted by Gasteiger charge is 2.13. The smallest absolute Gasteiger partial charge is 0.156 e. The second kappa shape index (κ2) is 8.23. The summed E-state index contributed by atoms with van der Waals surface area (Å²) in [7, 11) is 0. The number of rotatable bonds is 6. The van der Waals surface area contributed by atoms with Gasteiger partial charge in [0.25, 0.3) is 0 Å². The lowest BCUT2D eigenvalue weighted by Gasteiger charge is -2.14. The van der Waals surface area contributed by atoms with E-state index in [0.29, 0.717) is 27.4 Å². The topological polar surface area (TPSA) is 55.2 Å². The van der Waals surface area contributed by atoms with Crippen molar-refractivity contribution >= 4 is 45.9 Å². The molecule has 0 aliphatic heterocycles. The van der Waals surface area contributed by atoms with Gasteiger partial charge in [0, 0.05) is 11.1 Å². The number of nitrogens with zero attached hydrogens (tertiary/aromatic N) is 2. The van der Waals surface area contributed by atoms with Crippen molar-refractivity contribution in [2.45, 2.75) is 18.1 Å². The Bertz CT molecular complexity index is 872. The molecular weight excluding hydrogens is 379 g/mol. The molecule has 0 aliphatic rings. The third-order valence-corrected chi connectivity index (χ3v) is 5.16. The van der Waals surface area contributed by atoms with Gasteiger partial charge in [-0.25, -0.2) is 9.97 Å². The minimum absolute atomic E-state index is 0.0957. The van der Waals surface area contributed by atoms with Crippen molar-refractivity contribution in [2.24, 2.45) is 0 Å². The number of aryl methyl sites for hydroxylation is 1. The highest BCUT2D eigenvalue weighted by Crippen LogP contribution is 2.32. The van der Waals surface area contributed by atoms with Gasteiger partial charge in [-0.3, -0.25) is 0 Å². The van der Waals surface area contributed by atoms with E-state index in [2.05, 4.69) is 9.97 Å². The standard InChI is InChI=1S/C18H16Cl2N2O2S/c1-11-21-16-8-3-2-5-13(16)18(22-11)25-10-12(23)9-24-17-14(19)6-4-7-15(17)20/h2-8,12,23H,9-10H2,1H3/t12-/m1/s1. The van der Waals surface area contributed by atoms with E-state index in [1.54, 1.807) is 18.2 Å². The fourth-order valence-electron chi connectivity index (χ4n) is 2.29. The molecule has 3 rings (SSSR count). The van der Waals surface area contributed by atoms with Crippen LogP contribution < -0.4 is 4.74 Å². The van der Waals surface area contributed by atoms with E-state index in [-0.39, 0.29) is 6.61 Å². The van der Waals surface area contributed by atoms with Crippen molar-refractivity contribution in [2.75, 3.05) is 12.4 Å². The number of benzene rings is 2. The van der Waals surface area contributed by atoms with Crippen LogP contribution in [-0.4, -0.2) is 33.5 Å². The van der Waals surface area contributed by atoms with Crippen molar-refractivity contribution in [3.8, 4) is 5.75 Å². The van der Waals surface area contributed by atoms with Gasteiger partial charge in [-0.05, 0) is 25.1 Å². The monoisotopic (exact) mass is 394 g/mol. The Morgan fingerprint density at radius 3 is 2.56 bits per heavy atom. The molecule has 25 heavy (non-hydrogen) atoms. The van der Waals surface area contributed by atoms with Crippen LogP contribution in [0.2, 0.25) is 10.0 Å². The van der Waals surface area contributed by atoms with E-state index in [9.17, 15) is 5.11 Å². The number of thioether (sulfide) groups is 1. The second-order valence-corrected chi connectivity index (χ2v) is 7.24. The van der Waals surface area contributed by atoms with Crippen molar-refractivity contribution in [3.63, 3.8) is 0 Å². The summed E-state index contributed by atoms with van der Waals surface area (Å²) >= 11 is 13.6. The fraction of sp³-hybridized carbons (Fsp3) is 0.222. The van der Waals surface area contributed by atoms with Crippen LogP contribution in [0.3, 0.4) is 0 Å². The SMILES string of the molecule is Cc1nc(SC[C@H](O)COc2c(Cl)cccc2Cl)c2ccccc2n1. The Hall–Kier alpha value is -1.53. The predicted octanol–water partition coefficient (Wildman–Crippen LogP) is 4.78. The number of ether oxygens (including phenoxy) is 1. The number of aromatic nitrogens is 2. The summed E-state index contributed by atoms with van der Waals surface area (Å²) in [6, 6.07) is 12.9. The first-order valence-electron chi connectivity index (χ1n) is 7.65. The number of hydrogen-bond donors (Lipinski definition) is 1. The molecule has 7 heteroatoms. The number of fused-ring (bicyclic) bond motifs is 1. The highest BCUT2D eigenvalue weighted by molar-refractivity contribution is 7.99. The number of aliphatic hydroxyl groups is 1. The fourth-order valence-corrected chi connectivity index (χ4v) is 3.77. The summed E-state index contributed by atoms with van der Waals surface area (Å²) < 4.78 is 5.57. The molecule has 1 aromatic heterocycles. The first-order valence-corrected chi connectivity index (χ1v) is 9.40. The van der Waals surface area contributed by atoms with Crippen LogP contribution in [0, 0.1) is 6.92 Å². The summed E-state index contributed by atoms with van der Waals surface area (Å²) in [5.74, 6) is 1.52. The zero-order valence-electron chi connectivity index (χ0n) is 13.4. The largest absolute Gasteiger partial charge is 0.488 e. The molecule has 1 N–H and O–H groups in total. The van der Waals surface area contributed by atoms with E-state index < -0.39 is 6.10 Å². The molecule has 130 valence electrons. The third kappa shape index (κ3) is 4.55. The Morgan fingerprint density at radius 2 is 1.80 bits per heavy atom. The van der Waals surface area contributed by atoms with Gasteiger partial charge in [-0.2, -0.15) is 0 Å². The average molecular weight is 395 g/mol. The first-order chi connectivity index (χ1) is 12.0. The van der Waals surface area contributed by atoms with E-state index in [4.69, 9.17) is 27.9 Å². The van der Waals surface area contributed by atoms with Crippen molar-refractivity contribution in [1.29, 1.82) is 0 Å². The van der Waals surface area contributed by atoms with Gasteiger partial charge in [-0.15, -0.1) is 11.8 Å². The van der Waals surface area contributed by atoms with Crippen molar-refractivity contribution in [1.82, 2.24) is 9.97 Å². The predicted molar refractivity (Wildman–Crippen MR) is 103 cm³/mol. The molecule has 0 spiro atoms. The Kier molecular flexibility index (Phi) is 6.02. The van der Waals surface area contributed by atoms with Crippen LogP contribution >= 0.6 is 35.0 Å². The Labute approximate surface area is 160 Å². The molecule has 0 amide bonds. The molecule has 0 bridgehead atoms. The Morgan fingerprint density at radius 1 is 1.08 bits per heavy atom. The first kappa shape index (κ1) is 18.3. The van der Waals surface area contributed by atoms with E-state index in [1.165, 1.54) is 11.8 Å². The van der Waals surface area contributed by atoms with Crippen LogP contribution in [0.15, 0.2) is 47.5 Å². The summed E-state index contributed by atoms with van der Waals surface area (Å²) in [5, 5.41) is 12.9. The zero-order valence-corrected chi connectivity index (χ0v) is 15.8. The van der Waals surface area contributed by atoms with Gasteiger partial charge in [0.2, 0.25) is 0 Å². The van der Waals surface area contributed by atoms with E-state index >= 15 is 0 Å². The maximum Gasteiger partial charge on any atom is 0.156 e. The van der Waals surface area contributed by atoms with Crippen LogP contribution in [0.1, 0.15) is 5.82 Å². The lowest BCUT2D eigenvalue weighted by molar-refractivity contribution is 0.126. The van der Waals surface area contributed by atoms with E-state index in [1.807, 2.05) is 31.2 Å². The van der Waals surface area contributed by atoms with Crippen LogP contribution in [0.5, 0.6) is 5.75 Å². The maximum atomic E-state index is 10.2. The second-order valence-electron chi connectivity index (χ2n) is 5.42. The molecular formula is C18H16Cl2N2O2S. The molecule has 1 atom stereocenters. The quantitative estimate of drug-likeness (QED) is 0.481. The maximum absolute atomic E-state index is 10.2. The lowest BCUT2D eigenvalue weighted by atomic mass is 10.2. The summed E-state index contributed by atoms with van der Waals surface area (Å²) in [6.45, 7) is 1.95. The molecule has 0 unspecified atom stereocenters. The minimum Gasteiger partial charge on any atom is -0.488 e. The third-order valence-electron chi connectivity index (χ3n) is 3.43. The highest BCUT2D eigenvalue weighted by atomic mass is 35.5. The number of aliphatic hydroxyl groups excluding tert-OH is 1. The molecule has 1 heterocycles. The van der Waals surface area contributed by atoms with Gasteiger partial charge in [0.05, 0.1) is 21.7 Å². The minimum atomic E-state index is -0.689. The van der Waals surface area contributed by atoms with Gasteiger partial charge < -0.3 is 9.84 Å². The summed E-state index contributed by atoms with van der Waals surface area (Å²) in [4.78, 5) is 8.90. The molecule has 4 nitrogen and oxygen atoms in total. The van der Waals surface area contributed by atoms with Gasteiger partial charge in [0.15, 0.2) is 5.75 Å². The van der Waals surface area contributed by atoms with Crippen LogP contribution in [0.25, 0.3) is 10.9 Å². The molecule has 0 radical (unpaired) electrons.